The number of rotatable bonds is 5. The zero-order chi connectivity index (χ0) is 13.8. The minimum absolute atomic E-state index is 0.0507. The number of carbonyl (C=O) groups excluding carboxylic acids is 1. The number of ether oxygens (including phenoxy) is 2. The van der Waals surface area contributed by atoms with E-state index in [1.54, 1.807) is 13.1 Å². The molecule has 1 N–H and O–H groups in total. The summed E-state index contributed by atoms with van der Waals surface area (Å²) in [7, 11) is 0. The molecular formula is C12H14BrN3O3. The van der Waals surface area contributed by atoms with Crippen molar-refractivity contribution in [2.24, 2.45) is 0 Å². The van der Waals surface area contributed by atoms with Gasteiger partial charge in [-0.15, -0.1) is 0 Å². The lowest BCUT2D eigenvalue weighted by Gasteiger charge is -2.10. The van der Waals surface area contributed by atoms with Crippen molar-refractivity contribution < 1.29 is 14.3 Å². The van der Waals surface area contributed by atoms with E-state index in [0.717, 1.165) is 9.99 Å². The average molecular weight is 328 g/mol. The molecule has 102 valence electrons. The van der Waals surface area contributed by atoms with Crippen LogP contribution in [0.4, 0.5) is 0 Å². The van der Waals surface area contributed by atoms with Gasteiger partial charge in [0.25, 0.3) is 0 Å². The summed E-state index contributed by atoms with van der Waals surface area (Å²) >= 11 is 3.34. The standard InChI is InChI=1S/C12H14BrN3O3/c1-3-18-6-10(17)19-7(2)11-15-9-4-8(13)5-14-12(9)16-11/h4-5,7H,3,6H2,1-2H3,(H,14,15,16)/t7-/m0/s1. The van der Waals surface area contributed by atoms with Gasteiger partial charge >= 0.3 is 5.97 Å². The third-order valence-corrected chi connectivity index (χ3v) is 2.87. The molecule has 0 saturated carbocycles. The van der Waals surface area contributed by atoms with Crippen LogP contribution in [0.1, 0.15) is 25.8 Å². The summed E-state index contributed by atoms with van der Waals surface area (Å²) < 4.78 is 11.0. The molecule has 0 aliphatic rings. The van der Waals surface area contributed by atoms with E-state index >= 15 is 0 Å². The third kappa shape index (κ3) is 3.51. The SMILES string of the molecule is CCOCC(=O)O[C@@H](C)c1nc2ncc(Br)cc2[nH]1. The van der Waals surface area contributed by atoms with Crippen LogP contribution in [0.3, 0.4) is 0 Å². The molecule has 6 nitrogen and oxygen atoms in total. The molecule has 2 aromatic heterocycles. The number of esters is 1. The molecule has 0 aliphatic heterocycles. The van der Waals surface area contributed by atoms with E-state index in [4.69, 9.17) is 9.47 Å². The molecule has 19 heavy (non-hydrogen) atoms. The Morgan fingerprint density at radius 1 is 1.58 bits per heavy atom. The Labute approximate surface area is 118 Å². The summed E-state index contributed by atoms with van der Waals surface area (Å²) in [4.78, 5) is 23.0. The van der Waals surface area contributed by atoms with Gasteiger partial charge in [0.1, 0.15) is 12.4 Å². The predicted molar refractivity (Wildman–Crippen MR) is 72.6 cm³/mol. The van der Waals surface area contributed by atoms with Crippen LogP contribution in [0.5, 0.6) is 0 Å². The number of imidazole rings is 1. The molecule has 0 fully saturated rings. The van der Waals surface area contributed by atoms with Crippen molar-refractivity contribution >= 4 is 33.1 Å². The largest absolute Gasteiger partial charge is 0.453 e. The molecule has 2 rings (SSSR count). The highest BCUT2D eigenvalue weighted by Gasteiger charge is 2.16. The monoisotopic (exact) mass is 327 g/mol. The quantitative estimate of drug-likeness (QED) is 0.853. The van der Waals surface area contributed by atoms with Gasteiger partial charge in [-0.3, -0.25) is 0 Å². The second-order valence-electron chi connectivity index (χ2n) is 3.92. The number of halogens is 1. The van der Waals surface area contributed by atoms with Crippen molar-refractivity contribution in [3.8, 4) is 0 Å². The maximum atomic E-state index is 11.4. The Bertz CT molecular complexity index is 585. The molecule has 7 heteroatoms. The molecule has 0 aromatic carbocycles. The van der Waals surface area contributed by atoms with Crippen molar-refractivity contribution in [1.82, 2.24) is 15.0 Å². The fraction of sp³-hybridized carbons (Fsp3) is 0.417. The van der Waals surface area contributed by atoms with Crippen LogP contribution >= 0.6 is 15.9 Å². The molecule has 0 radical (unpaired) electrons. The highest BCUT2D eigenvalue weighted by molar-refractivity contribution is 9.10. The van der Waals surface area contributed by atoms with Crippen LogP contribution in [-0.4, -0.2) is 34.1 Å². The van der Waals surface area contributed by atoms with Gasteiger partial charge in [-0.05, 0) is 35.8 Å². The van der Waals surface area contributed by atoms with Crippen LogP contribution in [0, 0.1) is 0 Å². The number of aromatic nitrogens is 3. The van der Waals surface area contributed by atoms with Crippen LogP contribution in [0.15, 0.2) is 16.7 Å². The van der Waals surface area contributed by atoms with Gasteiger partial charge in [0.05, 0.1) is 5.52 Å². The Kier molecular flexibility index (Phi) is 4.49. The molecule has 2 heterocycles. The minimum atomic E-state index is -0.471. The van der Waals surface area contributed by atoms with E-state index in [-0.39, 0.29) is 6.61 Å². The zero-order valence-corrected chi connectivity index (χ0v) is 12.2. The van der Waals surface area contributed by atoms with Gasteiger partial charge in [-0.25, -0.2) is 14.8 Å². The van der Waals surface area contributed by atoms with E-state index in [9.17, 15) is 4.79 Å². The lowest BCUT2D eigenvalue weighted by Crippen LogP contribution is -2.15. The number of nitrogens with zero attached hydrogens (tertiary/aromatic N) is 2. The van der Waals surface area contributed by atoms with Crippen molar-refractivity contribution in [3.05, 3.63) is 22.6 Å². The first-order chi connectivity index (χ1) is 9.10. The zero-order valence-electron chi connectivity index (χ0n) is 10.6. The fourth-order valence-electron chi connectivity index (χ4n) is 1.56. The van der Waals surface area contributed by atoms with Crippen molar-refractivity contribution in [2.45, 2.75) is 20.0 Å². The molecule has 2 aromatic rings. The van der Waals surface area contributed by atoms with Crippen molar-refractivity contribution in [3.63, 3.8) is 0 Å². The first-order valence-electron chi connectivity index (χ1n) is 5.88. The Balaban J connectivity index is 2.08. The average Bonchev–Trinajstić information content (AvgIpc) is 2.79. The van der Waals surface area contributed by atoms with E-state index < -0.39 is 12.1 Å². The molecule has 0 bridgehead atoms. The third-order valence-electron chi connectivity index (χ3n) is 2.44. The molecule has 0 spiro atoms. The van der Waals surface area contributed by atoms with E-state index in [0.29, 0.717) is 18.1 Å². The summed E-state index contributed by atoms with van der Waals surface area (Å²) in [6, 6.07) is 1.87. The molecule has 0 amide bonds. The second-order valence-corrected chi connectivity index (χ2v) is 4.83. The Hall–Kier alpha value is -1.47. The summed E-state index contributed by atoms with van der Waals surface area (Å²) in [5, 5.41) is 0. The van der Waals surface area contributed by atoms with Crippen LogP contribution < -0.4 is 0 Å². The Morgan fingerprint density at radius 3 is 3.11 bits per heavy atom. The number of hydrogen-bond acceptors (Lipinski definition) is 5. The van der Waals surface area contributed by atoms with E-state index in [1.807, 2.05) is 13.0 Å². The number of H-pyrrole nitrogens is 1. The van der Waals surface area contributed by atoms with Crippen LogP contribution in [0.25, 0.3) is 11.2 Å². The van der Waals surface area contributed by atoms with Gasteiger partial charge in [-0.1, -0.05) is 0 Å². The summed E-state index contributed by atoms with van der Waals surface area (Å²) in [5.74, 6) is 0.148. The smallest absolute Gasteiger partial charge is 0.332 e. The topological polar surface area (TPSA) is 77.1 Å². The molecule has 0 unspecified atom stereocenters. The highest BCUT2D eigenvalue weighted by atomic mass is 79.9. The number of carbonyl (C=O) groups is 1. The lowest BCUT2D eigenvalue weighted by atomic mass is 10.4. The van der Waals surface area contributed by atoms with E-state index in [1.165, 1.54) is 0 Å². The van der Waals surface area contributed by atoms with Crippen molar-refractivity contribution in [2.75, 3.05) is 13.2 Å². The number of fused-ring (bicyclic) bond motifs is 1. The summed E-state index contributed by atoms with van der Waals surface area (Å²) in [5.41, 5.74) is 1.38. The first-order valence-corrected chi connectivity index (χ1v) is 6.68. The van der Waals surface area contributed by atoms with Crippen LogP contribution in [0.2, 0.25) is 0 Å². The molecule has 0 aliphatic carbocycles. The maximum absolute atomic E-state index is 11.4. The van der Waals surface area contributed by atoms with Gasteiger partial charge in [0.15, 0.2) is 11.8 Å². The first kappa shape index (κ1) is 14.0. The van der Waals surface area contributed by atoms with Gasteiger partial charge < -0.3 is 14.5 Å². The number of nitrogens with one attached hydrogen (secondary N) is 1. The number of hydrogen-bond donors (Lipinski definition) is 1. The maximum Gasteiger partial charge on any atom is 0.332 e. The van der Waals surface area contributed by atoms with Crippen molar-refractivity contribution in [1.29, 1.82) is 0 Å². The number of aromatic amines is 1. The molecule has 1 atom stereocenters. The lowest BCUT2D eigenvalue weighted by molar-refractivity contribution is -0.154. The summed E-state index contributed by atoms with van der Waals surface area (Å²) in [6.07, 6.45) is 1.19. The Morgan fingerprint density at radius 2 is 2.37 bits per heavy atom. The molecular weight excluding hydrogens is 314 g/mol. The second kappa shape index (κ2) is 6.12. The minimum Gasteiger partial charge on any atom is -0.453 e. The summed E-state index contributed by atoms with van der Waals surface area (Å²) in [6.45, 7) is 3.99. The highest BCUT2D eigenvalue weighted by Crippen LogP contribution is 2.19. The van der Waals surface area contributed by atoms with Gasteiger partial charge in [0, 0.05) is 17.3 Å². The van der Waals surface area contributed by atoms with Gasteiger partial charge in [0.2, 0.25) is 0 Å². The number of pyridine rings is 1. The normalized spacial score (nSPS) is 12.6. The fourth-order valence-corrected chi connectivity index (χ4v) is 1.89. The predicted octanol–water partition coefficient (Wildman–Crippen LogP) is 2.36. The van der Waals surface area contributed by atoms with Crippen LogP contribution in [-0.2, 0) is 14.3 Å². The van der Waals surface area contributed by atoms with Gasteiger partial charge in [-0.2, -0.15) is 0 Å². The molecule has 0 saturated heterocycles. The van der Waals surface area contributed by atoms with E-state index in [2.05, 4.69) is 30.9 Å².